The fourth-order valence-electron chi connectivity index (χ4n) is 1.86. The number of aryl methyl sites for hydroxylation is 2. The van der Waals surface area contributed by atoms with Crippen molar-refractivity contribution in [3.8, 4) is 5.75 Å². The van der Waals surface area contributed by atoms with Crippen LogP contribution in [0.1, 0.15) is 28.7 Å². The first kappa shape index (κ1) is 15.1. The Bertz CT molecular complexity index is 640. The van der Waals surface area contributed by atoms with Crippen molar-refractivity contribution in [1.82, 2.24) is 9.78 Å². The van der Waals surface area contributed by atoms with E-state index in [-0.39, 0.29) is 0 Å². The van der Waals surface area contributed by atoms with E-state index in [1.165, 1.54) is 0 Å². The number of carbonyl (C=O) groups is 1. The maximum Gasteiger partial charge on any atom is 0.150 e. The standard InChI is InChI=1S/C14H14BrClN2O2/c1-3-18-12(14(15)9(2)17-18)8-20-13-5-4-10(7-19)6-11(13)16/h4-7H,3,8H2,1-2H3. The van der Waals surface area contributed by atoms with Gasteiger partial charge in [0.25, 0.3) is 0 Å². The van der Waals surface area contributed by atoms with Crippen LogP contribution in [-0.2, 0) is 13.2 Å². The van der Waals surface area contributed by atoms with E-state index in [2.05, 4.69) is 21.0 Å². The summed E-state index contributed by atoms with van der Waals surface area (Å²) in [6.07, 6.45) is 0.752. The largest absolute Gasteiger partial charge is 0.486 e. The van der Waals surface area contributed by atoms with Gasteiger partial charge >= 0.3 is 0 Å². The van der Waals surface area contributed by atoms with Crippen LogP contribution in [0.5, 0.6) is 5.75 Å². The molecule has 0 amide bonds. The molecule has 2 rings (SSSR count). The Morgan fingerprint density at radius 1 is 1.50 bits per heavy atom. The van der Waals surface area contributed by atoms with Gasteiger partial charge in [-0.25, -0.2) is 0 Å². The number of aromatic nitrogens is 2. The van der Waals surface area contributed by atoms with Crippen molar-refractivity contribution < 1.29 is 9.53 Å². The van der Waals surface area contributed by atoms with Crippen LogP contribution in [0.4, 0.5) is 0 Å². The smallest absolute Gasteiger partial charge is 0.150 e. The third-order valence-corrected chi connectivity index (χ3v) is 4.24. The third-order valence-electron chi connectivity index (χ3n) is 2.91. The molecule has 0 N–H and O–H groups in total. The lowest BCUT2D eigenvalue weighted by Crippen LogP contribution is -2.06. The van der Waals surface area contributed by atoms with E-state index in [0.717, 1.165) is 28.7 Å². The first-order valence-electron chi connectivity index (χ1n) is 6.16. The zero-order valence-electron chi connectivity index (χ0n) is 11.2. The first-order valence-corrected chi connectivity index (χ1v) is 7.33. The minimum absolute atomic E-state index is 0.357. The molecule has 20 heavy (non-hydrogen) atoms. The van der Waals surface area contributed by atoms with Crippen LogP contribution in [0.2, 0.25) is 5.02 Å². The molecule has 0 unspecified atom stereocenters. The van der Waals surface area contributed by atoms with E-state index in [0.29, 0.717) is 22.9 Å². The molecular weight excluding hydrogens is 344 g/mol. The lowest BCUT2D eigenvalue weighted by atomic mass is 10.2. The quantitative estimate of drug-likeness (QED) is 0.759. The Balaban J connectivity index is 2.18. The molecule has 0 radical (unpaired) electrons. The normalized spacial score (nSPS) is 10.6. The highest BCUT2D eigenvalue weighted by Crippen LogP contribution is 2.28. The van der Waals surface area contributed by atoms with Gasteiger partial charge in [0.1, 0.15) is 18.6 Å². The molecule has 0 fully saturated rings. The first-order chi connectivity index (χ1) is 9.56. The molecule has 6 heteroatoms. The second-order valence-corrected chi connectivity index (χ2v) is 5.46. The molecule has 106 valence electrons. The van der Waals surface area contributed by atoms with Crippen LogP contribution in [0.15, 0.2) is 22.7 Å². The van der Waals surface area contributed by atoms with Crippen LogP contribution in [0.3, 0.4) is 0 Å². The number of ether oxygens (including phenoxy) is 1. The molecule has 0 bridgehead atoms. The number of carbonyl (C=O) groups excluding carboxylic acids is 1. The second kappa shape index (κ2) is 6.41. The molecule has 0 spiro atoms. The zero-order chi connectivity index (χ0) is 14.7. The number of hydrogen-bond donors (Lipinski definition) is 0. The molecule has 0 aliphatic heterocycles. The van der Waals surface area contributed by atoms with Gasteiger partial charge in [0.2, 0.25) is 0 Å². The average Bonchev–Trinajstić information content (AvgIpc) is 2.73. The molecule has 2 aromatic rings. The number of hydrogen-bond acceptors (Lipinski definition) is 3. The van der Waals surface area contributed by atoms with Crippen LogP contribution >= 0.6 is 27.5 Å². The van der Waals surface area contributed by atoms with Crippen molar-refractivity contribution >= 4 is 33.8 Å². The molecule has 0 aliphatic rings. The Morgan fingerprint density at radius 2 is 2.25 bits per heavy atom. The van der Waals surface area contributed by atoms with E-state index in [1.54, 1.807) is 18.2 Å². The summed E-state index contributed by atoms with van der Waals surface area (Å²) in [6, 6.07) is 4.95. The van der Waals surface area contributed by atoms with Crippen molar-refractivity contribution in [2.75, 3.05) is 0 Å². The van der Waals surface area contributed by atoms with Crippen LogP contribution in [0.25, 0.3) is 0 Å². The fourth-order valence-corrected chi connectivity index (χ4v) is 2.50. The zero-order valence-corrected chi connectivity index (χ0v) is 13.5. The number of rotatable bonds is 5. The van der Waals surface area contributed by atoms with E-state index in [9.17, 15) is 4.79 Å². The Labute approximate surface area is 130 Å². The Morgan fingerprint density at radius 3 is 2.85 bits per heavy atom. The van der Waals surface area contributed by atoms with Gasteiger partial charge < -0.3 is 4.74 Å². The predicted molar refractivity (Wildman–Crippen MR) is 81.5 cm³/mol. The monoisotopic (exact) mass is 356 g/mol. The summed E-state index contributed by atoms with van der Waals surface area (Å²) < 4.78 is 8.55. The van der Waals surface area contributed by atoms with Crippen molar-refractivity contribution in [2.24, 2.45) is 0 Å². The Kier molecular flexibility index (Phi) is 4.83. The van der Waals surface area contributed by atoms with E-state index < -0.39 is 0 Å². The molecule has 0 saturated carbocycles. The summed E-state index contributed by atoms with van der Waals surface area (Å²) in [5.74, 6) is 0.547. The number of benzene rings is 1. The van der Waals surface area contributed by atoms with Crippen LogP contribution < -0.4 is 4.74 Å². The molecule has 4 nitrogen and oxygen atoms in total. The molecule has 0 saturated heterocycles. The van der Waals surface area contributed by atoms with E-state index >= 15 is 0 Å². The molecular formula is C14H14BrClN2O2. The van der Waals surface area contributed by atoms with Crippen molar-refractivity contribution in [2.45, 2.75) is 27.0 Å². The van der Waals surface area contributed by atoms with Gasteiger partial charge in [0, 0.05) is 12.1 Å². The summed E-state index contributed by atoms with van der Waals surface area (Å²) in [5.41, 5.74) is 2.41. The lowest BCUT2D eigenvalue weighted by Gasteiger charge is -2.10. The van der Waals surface area contributed by atoms with Crippen molar-refractivity contribution in [1.29, 1.82) is 0 Å². The highest BCUT2D eigenvalue weighted by Gasteiger charge is 2.13. The van der Waals surface area contributed by atoms with Gasteiger partial charge in [-0.1, -0.05) is 11.6 Å². The van der Waals surface area contributed by atoms with Gasteiger partial charge in [-0.3, -0.25) is 9.48 Å². The predicted octanol–water partition coefficient (Wildman–Crippen LogP) is 4.02. The van der Waals surface area contributed by atoms with Crippen molar-refractivity contribution in [3.63, 3.8) is 0 Å². The topological polar surface area (TPSA) is 44.1 Å². The summed E-state index contributed by atoms with van der Waals surface area (Å²) in [7, 11) is 0. The molecule has 1 heterocycles. The molecule has 1 aromatic carbocycles. The highest BCUT2D eigenvalue weighted by atomic mass is 79.9. The van der Waals surface area contributed by atoms with E-state index in [4.69, 9.17) is 16.3 Å². The van der Waals surface area contributed by atoms with Crippen LogP contribution in [-0.4, -0.2) is 16.1 Å². The van der Waals surface area contributed by atoms with E-state index in [1.807, 2.05) is 18.5 Å². The molecule has 0 aliphatic carbocycles. The van der Waals surface area contributed by atoms with Gasteiger partial charge in [-0.15, -0.1) is 0 Å². The number of halogens is 2. The van der Waals surface area contributed by atoms with Crippen LogP contribution in [0, 0.1) is 6.92 Å². The minimum Gasteiger partial charge on any atom is -0.486 e. The highest BCUT2D eigenvalue weighted by molar-refractivity contribution is 9.10. The van der Waals surface area contributed by atoms with Crippen molar-refractivity contribution in [3.05, 3.63) is 44.6 Å². The summed E-state index contributed by atoms with van der Waals surface area (Å²) in [5, 5.41) is 4.82. The second-order valence-electron chi connectivity index (χ2n) is 4.26. The summed E-state index contributed by atoms with van der Waals surface area (Å²) >= 11 is 9.59. The molecule has 1 aromatic heterocycles. The van der Waals surface area contributed by atoms with Gasteiger partial charge in [0.05, 0.1) is 20.9 Å². The Hall–Kier alpha value is -1.33. The summed E-state index contributed by atoms with van der Waals surface area (Å²) in [6.45, 7) is 5.08. The SMILES string of the molecule is CCn1nc(C)c(Br)c1COc1ccc(C=O)cc1Cl. The minimum atomic E-state index is 0.357. The number of aldehydes is 1. The average molecular weight is 358 g/mol. The van der Waals surface area contributed by atoms with Gasteiger partial charge in [0.15, 0.2) is 0 Å². The maximum atomic E-state index is 10.7. The molecule has 0 atom stereocenters. The lowest BCUT2D eigenvalue weighted by molar-refractivity contribution is 0.112. The van der Waals surface area contributed by atoms with Gasteiger partial charge in [-0.2, -0.15) is 5.10 Å². The fraction of sp³-hybridized carbons (Fsp3) is 0.286. The maximum absolute atomic E-state index is 10.7. The summed E-state index contributed by atoms with van der Waals surface area (Å²) in [4.78, 5) is 10.7. The number of nitrogens with zero attached hydrogens (tertiary/aromatic N) is 2. The third kappa shape index (κ3) is 3.04. The van der Waals surface area contributed by atoms with Gasteiger partial charge in [-0.05, 0) is 48.0 Å².